The van der Waals surface area contributed by atoms with Crippen LogP contribution in [0.4, 0.5) is 0 Å². The van der Waals surface area contributed by atoms with Gasteiger partial charge >= 0.3 is 5.97 Å². The smallest absolute Gasteiger partial charge is 0.308 e. The van der Waals surface area contributed by atoms with E-state index < -0.39 is 11.9 Å². The summed E-state index contributed by atoms with van der Waals surface area (Å²) in [6.45, 7) is 0.876. The Balaban J connectivity index is 1.72. The Morgan fingerprint density at radius 1 is 1.32 bits per heavy atom. The van der Waals surface area contributed by atoms with Gasteiger partial charge in [-0.05, 0) is 36.0 Å². The minimum absolute atomic E-state index is 0.0482. The summed E-state index contributed by atoms with van der Waals surface area (Å²) in [5.74, 6) is -1.46. The van der Waals surface area contributed by atoms with E-state index in [1.54, 1.807) is 4.90 Å². The highest BCUT2D eigenvalue weighted by atomic mass is 16.4. The predicted octanol–water partition coefficient (Wildman–Crippen LogP) is 1.61. The van der Waals surface area contributed by atoms with Crippen LogP contribution in [0.25, 0.3) is 0 Å². The zero-order valence-corrected chi connectivity index (χ0v) is 10.8. The van der Waals surface area contributed by atoms with Gasteiger partial charge in [-0.15, -0.1) is 0 Å². The summed E-state index contributed by atoms with van der Waals surface area (Å²) >= 11 is 0. The number of fused-ring (bicyclic) bond motifs is 1. The number of aryl methyl sites for hydroxylation is 2. The largest absolute Gasteiger partial charge is 0.481 e. The Kier molecular flexibility index (Phi) is 3.01. The summed E-state index contributed by atoms with van der Waals surface area (Å²) in [4.78, 5) is 24.4. The third-order valence-electron chi connectivity index (χ3n) is 4.10. The number of rotatable bonds is 3. The number of carboxylic acid groups (broad SMARTS) is 1. The average molecular weight is 259 g/mol. The molecule has 4 nitrogen and oxygen atoms in total. The van der Waals surface area contributed by atoms with Gasteiger partial charge in [0.25, 0.3) is 0 Å². The molecule has 1 amide bonds. The van der Waals surface area contributed by atoms with Crippen molar-refractivity contribution in [3.63, 3.8) is 0 Å². The van der Waals surface area contributed by atoms with E-state index in [4.69, 9.17) is 5.11 Å². The van der Waals surface area contributed by atoms with Crippen molar-refractivity contribution < 1.29 is 14.7 Å². The molecule has 3 rings (SSSR count). The van der Waals surface area contributed by atoms with Gasteiger partial charge in [-0.2, -0.15) is 0 Å². The molecular formula is C15H17NO3. The maximum Gasteiger partial charge on any atom is 0.308 e. The van der Waals surface area contributed by atoms with Crippen LogP contribution < -0.4 is 0 Å². The van der Waals surface area contributed by atoms with Gasteiger partial charge in [-0.25, -0.2) is 0 Å². The Hall–Kier alpha value is -1.84. The van der Waals surface area contributed by atoms with E-state index in [2.05, 4.69) is 18.2 Å². The highest BCUT2D eigenvalue weighted by Gasteiger charge is 2.34. The molecule has 1 saturated heterocycles. The number of hydrogen-bond donors (Lipinski definition) is 1. The number of likely N-dealkylation sites (tertiary alicyclic amines) is 1. The number of nitrogens with zero attached hydrogens (tertiary/aromatic N) is 1. The van der Waals surface area contributed by atoms with E-state index in [0.717, 1.165) is 18.4 Å². The first-order valence-corrected chi connectivity index (χ1v) is 6.75. The first-order valence-electron chi connectivity index (χ1n) is 6.75. The van der Waals surface area contributed by atoms with Crippen molar-refractivity contribution in [2.75, 3.05) is 6.54 Å². The maximum atomic E-state index is 11.8. The van der Waals surface area contributed by atoms with E-state index in [1.807, 2.05) is 0 Å². The van der Waals surface area contributed by atoms with Gasteiger partial charge in [0.2, 0.25) is 5.91 Å². The molecule has 1 aromatic carbocycles. The van der Waals surface area contributed by atoms with Gasteiger partial charge in [0.15, 0.2) is 0 Å². The summed E-state index contributed by atoms with van der Waals surface area (Å²) in [7, 11) is 0. The monoisotopic (exact) mass is 259 g/mol. The second-order valence-corrected chi connectivity index (χ2v) is 5.47. The third-order valence-corrected chi connectivity index (χ3v) is 4.10. The molecule has 1 aliphatic carbocycles. The molecule has 1 unspecified atom stereocenters. The average Bonchev–Trinajstić information content (AvgIpc) is 2.96. The molecule has 0 radical (unpaired) electrons. The predicted molar refractivity (Wildman–Crippen MR) is 69.6 cm³/mol. The first kappa shape index (κ1) is 12.2. The highest BCUT2D eigenvalue weighted by Crippen LogP contribution is 2.25. The number of carbonyl (C=O) groups excluding carboxylic acids is 1. The van der Waals surface area contributed by atoms with Crippen LogP contribution in [0.5, 0.6) is 0 Å². The lowest BCUT2D eigenvalue weighted by Crippen LogP contribution is -2.25. The minimum atomic E-state index is -0.871. The third kappa shape index (κ3) is 2.35. The standard InChI is InChI=1S/C15H17NO3/c17-14-7-13(15(18)19)9-16(14)8-10-4-5-11-2-1-3-12(11)6-10/h4-6,13H,1-3,7-9H2,(H,18,19). The number of amides is 1. The van der Waals surface area contributed by atoms with E-state index in [-0.39, 0.29) is 12.3 Å². The molecule has 1 atom stereocenters. The van der Waals surface area contributed by atoms with Crippen LogP contribution in [0.3, 0.4) is 0 Å². The van der Waals surface area contributed by atoms with Crippen molar-refractivity contribution in [2.24, 2.45) is 5.92 Å². The molecule has 1 aliphatic heterocycles. The van der Waals surface area contributed by atoms with Crippen molar-refractivity contribution in [3.8, 4) is 0 Å². The SMILES string of the molecule is O=C(O)C1CC(=O)N(Cc2ccc3c(c2)CCC3)C1. The fourth-order valence-electron chi connectivity index (χ4n) is 3.03. The molecule has 19 heavy (non-hydrogen) atoms. The van der Waals surface area contributed by atoms with E-state index in [0.29, 0.717) is 13.1 Å². The van der Waals surface area contributed by atoms with Crippen LogP contribution in [0.1, 0.15) is 29.5 Å². The van der Waals surface area contributed by atoms with Gasteiger partial charge in [0.1, 0.15) is 0 Å². The van der Waals surface area contributed by atoms with Gasteiger partial charge in [-0.3, -0.25) is 9.59 Å². The molecule has 1 heterocycles. The number of carbonyl (C=O) groups is 2. The van der Waals surface area contributed by atoms with Crippen LogP contribution >= 0.6 is 0 Å². The van der Waals surface area contributed by atoms with Gasteiger partial charge in [0.05, 0.1) is 5.92 Å². The van der Waals surface area contributed by atoms with Crippen LogP contribution in [0.2, 0.25) is 0 Å². The number of benzene rings is 1. The summed E-state index contributed by atoms with van der Waals surface area (Å²) in [6.07, 6.45) is 3.62. The normalized spacial score (nSPS) is 21.8. The molecule has 1 fully saturated rings. The zero-order chi connectivity index (χ0) is 13.4. The number of hydrogen-bond acceptors (Lipinski definition) is 2. The Morgan fingerprint density at radius 3 is 2.84 bits per heavy atom. The topological polar surface area (TPSA) is 57.6 Å². The molecular weight excluding hydrogens is 242 g/mol. The Morgan fingerprint density at radius 2 is 2.11 bits per heavy atom. The molecule has 4 heteroatoms. The molecule has 100 valence electrons. The summed E-state index contributed by atoms with van der Waals surface area (Å²) in [5.41, 5.74) is 3.92. The maximum absolute atomic E-state index is 11.8. The Labute approximate surface area is 112 Å². The zero-order valence-electron chi connectivity index (χ0n) is 10.8. The van der Waals surface area contributed by atoms with Crippen LogP contribution in [0, 0.1) is 5.92 Å². The fourth-order valence-corrected chi connectivity index (χ4v) is 3.03. The van der Waals surface area contributed by atoms with Gasteiger partial charge < -0.3 is 10.0 Å². The fraction of sp³-hybridized carbons (Fsp3) is 0.467. The molecule has 1 N–H and O–H groups in total. The van der Waals surface area contributed by atoms with Crippen molar-refractivity contribution in [1.82, 2.24) is 4.90 Å². The highest BCUT2D eigenvalue weighted by molar-refractivity contribution is 5.86. The van der Waals surface area contributed by atoms with Gasteiger partial charge in [0, 0.05) is 19.5 Å². The summed E-state index contributed by atoms with van der Waals surface area (Å²) in [5, 5.41) is 8.96. The number of aliphatic carboxylic acids is 1. The molecule has 0 bridgehead atoms. The second-order valence-electron chi connectivity index (χ2n) is 5.47. The molecule has 2 aliphatic rings. The van der Waals surface area contributed by atoms with E-state index >= 15 is 0 Å². The first-order chi connectivity index (χ1) is 9.13. The van der Waals surface area contributed by atoms with Crippen molar-refractivity contribution in [2.45, 2.75) is 32.2 Å². The molecule has 0 spiro atoms. The number of carboxylic acids is 1. The molecule has 0 saturated carbocycles. The van der Waals surface area contributed by atoms with Crippen molar-refractivity contribution >= 4 is 11.9 Å². The summed E-state index contributed by atoms with van der Waals surface area (Å²) in [6, 6.07) is 6.38. The molecule has 1 aromatic rings. The van der Waals surface area contributed by atoms with E-state index in [9.17, 15) is 9.59 Å². The quantitative estimate of drug-likeness (QED) is 0.897. The lowest BCUT2D eigenvalue weighted by Gasteiger charge is -2.16. The lowest BCUT2D eigenvalue weighted by molar-refractivity contribution is -0.141. The van der Waals surface area contributed by atoms with E-state index in [1.165, 1.54) is 17.5 Å². The van der Waals surface area contributed by atoms with Crippen LogP contribution in [-0.4, -0.2) is 28.4 Å². The summed E-state index contributed by atoms with van der Waals surface area (Å²) < 4.78 is 0. The van der Waals surface area contributed by atoms with Crippen molar-refractivity contribution in [3.05, 3.63) is 34.9 Å². The second kappa shape index (κ2) is 4.68. The van der Waals surface area contributed by atoms with Gasteiger partial charge in [-0.1, -0.05) is 18.2 Å². The van der Waals surface area contributed by atoms with Crippen LogP contribution in [0.15, 0.2) is 18.2 Å². The van der Waals surface area contributed by atoms with Crippen LogP contribution in [-0.2, 0) is 29.0 Å². The molecule has 0 aromatic heterocycles. The lowest BCUT2D eigenvalue weighted by atomic mass is 10.1. The minimum Gasteiger partial charge on any atom is -0.481 e. The Bertz CT molecular complexity index is 538. The van der Waals surface area contributed by atoms with Crippen molar-refractivity contribution in [1.29, 1.82) is 0 Å².